The topological polar surface area (TPSA) is 56.1 Å². The lowest BCUT2D eigenvalue weighted by molar-refractivity contribution is 0.181. The van der Waals surface area contributed by atoms with Gasteiger partial charge in [0.05, 0.1) is 25.0 Å². The Bertz CT molecular complexity index is 497. The van der Waals surface area contributed by atoms with Crippen molar-refractivity contribution in [2.45, 2.75) is 32.7 Å². The number of nitrogens with one attached hydrogen (secondary N) is 1. The molecule has 0 aliphatic heterocycles. The highest BCUT2D eigenvalue weighted by Crippen LogP contribution is 2.48. The highest BCUT2D eigenvalue weighted by atomic mass is 79.9. The van der Waals surface area contributed by atoms with E-state index in [1.807, 2.05) is 0 Å². The molecule has 0 atom stereocenters. The summed E-state index contributed by atoms with van der Waals surface area (Å²) in [5.74, 6) is 0. The van der Waals surface area contributed by atoms with Crippen molar-refractivity contribution >= 4 is 21.6 Å². The van der Waals surface area contributed by atoms with Crippen molar-refractivity contribution in [3.05, 3.63) is 21.0 Å². The summed E-state index contributed by atoms with van der Waals surface area (Å²) in [6.07, 6.45) is 5.42. The van der Waals surface area contributed by atoms with Crippen LogP contribution in [0.25, 0.3) is 0 Å². The van der Waals surface area contributed by atoms with Crippen LogP contribution >= 0.6 is 15.9 Å². The van der Waals surface area contributed by atoms with E-state index in [2.05, 4.69) is 33.3 Å². The van der Waals surface area contributed by atoms with Crippen LogP contribution in [-0.2, 0) is 11.3 Å². The number of halogens is 1. The van der Waals surface area contributed by atoms with E-state index in [0.717, 1.165) is 12.2 Å². The smallest absolute Gasteiger partial charge is 0.283 e. The highest BCUT2D eigenvalue weighted by Gasteiger charge is 2.40. The maximum Gasteiger partial charge on any atom is 0.283 e. The van der Waals surface area contributed by atoms with Gasteiger partial charge in [-0.25, -0.2) is 4.68 Å². The van der Waals surface area contributed by atoms with Crippen LogP contribution in [0.15, 0.2) is 15.5 Å². The third kappa shape index (κ3) is 3.36. The van der Waals surface area contributed by atoms with Gasteiger partial charge in [0, 0.05) is 13.7 Å². The Kier molecular flexibility index (Phi) is 4.62. The molecule has 106 valence electrons. The fraction of sp³-hybridized carbons (Fsp3) is 0.692. The van der Waals surface area contributed by atoms with E-state index in [1.165, 1.54) is 23.9 Å². The molecule has 19 heavy (non-hydrogen) atoms. The summed E-state index contributed by atoms with van der Waals surface area (Å²) < 4.78 is 6.91. The molecule has 5 nitrogen and oxygen atoms in total. The number of ether oxygens (including phenoxy) is 1. The van der Waals surface area contributed by atoms with Crippen LogP contribution in [0.1, 0.15) is 26.2 Å². The summed E-state index contributed by atoms with van der Waals surface area (Å²) >= 11 is 3.36. The van der Waals surface area contributed by atoms with Gasteiger partial charge < -0.3 is 10.1 Å². The minimum atomic E-state index is -0.122. The van der Waals surface area contributed by atoms with E-state index < -0.39 is 0 Å². The molecular weight excluding hydrogens is 310 g/mol. The van der Waals surface area contributed by atoms with Crippen LogP contribution in [-0.4, -0.2) is 30.0 Å². The van der Waals surface area contributed by atoms with E-state index in [1.54, 1.807) is 13.3 Å². The molecule has 6 heteroatoms. The Balaban J connectivity index is 2.06. The van der Waals surface area contributed by atoms with Crippen LogP contribution in [0.2, 0.25) is 0 Å². The second-order valence-electron chi connectivity index (χ2n) is 5.10. The van der Waals surface area contributed by atoms with Crippen LogP contribution in [0.4, 0.5) is 5.69 Å². The molecule has 1 heterocycles. The Labute approximate surface area is 121 Å². The number of hydrogen-bond acceptors (Lipinski definition) is 4. The third-order valence-corrected chi connectivity index (χ3v) is 4.62. The number of anilines is 1. The van der Waals surface area contributed by atoms with Crippen molar-refractivity contribution in [2.75, 3.05) is 25.6 Å². The van der Waals surface area contributed by atoms with Gasteiger partial charge in [0.25, 0.3) is 5.56 Å². The van der Waals surface area contributed by atoms with E-state index >= 15 is 0 Å². The lowest BCUT2D eigenvalue weighted by Crippen LogP contribution is -2.27. The molecule has 1 aromatic rings. The molecule has 1 aromatic heterocycles. The molecule has 0 bridgehead atoms. The van der Waals surface area contributed by atoms with Crippen molar-refractivity contribution in [3.8, 4) is 0 Å². The zero-order valence-electron chi connectivity index (χ0n) is 11.4. The van der Waals surface area contributed by atoms with E-state index in [-0.39, 0.29) is 5.56 Å². The molecule has 0 radical (unpaired) electrons. The third-order valence-electron chi connectivity index (χ3n) is 3.85. The molecular formula is C13H20BrN3O2. The molecule has 1 aliphatic rings. The first-order valence-corrected chi connectivity index (χ1v) is 7.39. The Morgan fingerprint density at radius 2 is 2.32 bits per heavy atom. The standard InChI is InChI=1S/C13H20BrN3O2/c1-3-13(4-5-13)9-15-10-8-16-17(6-7-19-2)12(18)11(10)14/h8,15H,3-7,9H2,1-2H3. The average molecular weight is 330 g/mol. The molecule has 0 unspecified atom stereocenters. The summed E-state index contributed by atoms with van der Waals surface area (Å²) in [7, 11) is 1.61. The number of methoxy groups -OCH3 is 1. The summed E-state index contributed by atoms with van der Waals surface area (Å²) in [4.78, 5) is 12.1. The van der Waals surface area contributed by atoms with Gasteiger partial charge in [-0.1, -0.05) is 6.92 Å². The zero-order chi connectivity index (χ0) is 13.9. The number of nitrogens with zero attached hydrogens (tertiary/aromatic N) is 2. The first kappa shape index (κ1) is 14.5. The first-order chi connectivity index (χ1) is 9.12. The Hall–Kier alpha value is -0.880. The minimum Gasteiger partial charge on any atom is -0.383 e. The van der Waals surface area contributed by atoms with Gasteiger partial charge in [-0.05, 0) is 40.6 Å². The fourth-order valence-corrected chi connectivity index (χ4v) is 2.49. The zero-order valence-corrected chi connectivity index (χ0v) is 13.0. The van der Waals surface area contributed by atoms with Crippen LogP contribution < -0.4 is 10.9 Å². The summed E-state index contributed by atoms with van der Waals surface area (Å²) in [5.41, 5.74) is 1.09. The maximum atomic E-state index is 12.1. The lowest BCUT2D eigenvalue weighted by Gasteiger charge is -2.15. The molecule has 0 spiro atoms. The second-order valence-corrected chi connectivity index (χ2v) is 5.89. The predicted octanol–water partition coefficient (Wildman–Crippen LogP) is 2.25. The number of hydrogen-bond donors (Lipinski definition) is 1. The molecule has 0 amide bonds. The Morgan fingerprint density at radius 3 is 2.89 bits per heavy atom. The number of rotatable bonds is 7. The number of aromatic nitrogens is 2. The fourth-order valence-electron chi connectivity index (χ4n) is 2.04. The van der Waals surface area contributed by atoms with Gasteiger partial charge in [0.2, 0.25) is 0 Å². The monoisotopic (exact) mass is 329 g/mol. The van der Waals surface area contributed by atoms with Gasteiger partial charge >= 0.3 is 0 Å². The van der Waals surface area contributed by atoms with Crippen molar-refractivity contribution in [3.63, 3.8) is 0 Å². The summed E-state index contributed by atoms with van der Waals surface area (Å²) in [6.45, 7) is 4.06. The average Bonchev–Trinajstić information content (AvgIpc) is 3.20. The predicted molar refractivity (Wildman–Crippen MR) is 78.5 cm³/mol. The van der Waals surface area contributed by atoms with E-state index in [4.69, 9.17) is 4.74 Å². The van der Waals surface area contributed by atoms with Crippen molar-refractivity contribution < 1.29 is 4.74 Å². The van der Waals surface area contributed by atoms with Gasteiger partial charge in [-0.3, -0.25) is 4.79 Å². The molecule has 1 saturated carbocycles. The van der Waals surface area contributed by atoms with Gasteiger partial charge in [0.1, 0.15) is 4.47 Å². The highest BCUT2D eigenvalue weighted by molar-refractivity contribution is 9.10. The Morgan fingerprint density at radius 1 is 1.58 bits per heavy atom. The summed E-state index contributed by atoms with van der Waals surface area (Å²) in [5, 5.41) is 7.49. The molecule has 2 rings (SSSR count). The minimum absolute atomic E-state index is 0.122. The maximum absolute atomic E-state index is 12.1. The first-order valence-electron chi connectivity index (χ1n) is 6.60. The van der Waals surface area contributed by atoms with E-state index in [9.17, 15) is 4.79 Å². The molecule has 0 saturated heterocycles. The van der Waals surface area contributed by atoms with Gasteiger partial charge in [-0.15, -0.1) is 0 Å². The van der Waals surface area contributed by atoms with Crippen LogP contribution in [0, 0.1) is 5.41 Å². The largest absolute Gasteiger partial charge is 0.383 e. The molecule has 1 fully saturated rings. The second kappa shape index (κ2) is 6.05. The SMILES string of the molecule is CCC1(CNc2cnn(CCOC)c(=O)c2Br)CC1. The van der Waals surface area contributed by atoms with Crippen LogP contribution in [0.3, 0.4) is 0 Å². The van der Waals surface area contributed by atoms with Crippen molar-refractivity contribution in [2.24, 2.45) is 5.41 Å². The quantitative estimate of drug-likeness (QED) is 0.833. The van der Waals surface area contributed by atoms with Crippen LogP contribution in [0.5, 0.6) is 0 Å². The van der Waals surface area contributed by atoms with Gasteiger partial charge in [-0.2, -0.15) is 5.10 Å². The normalized spacial score (nSPS) is 16.4. The molecule has 1 aliphatic carbocycles. The molecule has 0 aromatic carbocycles. The lowest BCUT2D eigenvalue weighted by atomic mass is 10.0. The van der Waals surface area contributed by atoms with Crippen molar-refractivity contribution in [1.29, 1.82) is 0 Å². The van der Waals surface area contributed by atoms with Crippen molar-refractivity contribution in [1.82, 2.24) is 9.78 Å². The van der Waals surface area contributed by atoms with E-state index in [0.29, 0.717) is 23.0 Å². The van der Waals surface area contributed by atoms with Gasteiger partial charge in [0.15, 0.2) is 0 Å². The molecule has 1 N–H and O–H groups in total. The summed E-state index contributed by atoms with van der Waals surface area (Å²) in [6, 6.07) is 0.